The minimum absolute atomic E-state index is 0.0533. The summed E-state index contributed by atoms with van der Waals surface area (Å²) in [6, 6.07) is 20.9. The van der Waals surface area contributed by atoms with Gasteiger partial charge in [0, 0.05) is 34.6 Å². The number of aromatic nitrogens is 1. The molecule has 6 heteroatoms. The van der Waals surface area contributed by atoms with Gasteiger partial charge in [-0.25, -0.2) is 4.98 Å². The van der Waals surface area contributed by atoms with Crippen molar-refractivity contribution in [1.29, 1.82) is 0 Å². The summed E-state index contributed by atoms with van der Waals surface area (Å²) in [4.78, 5) is 34.9. The van der Waals surface area contributed by atoms with Crippen molar-refractivity contribution >= 4 is 39.7 Å². The number of anilines is 1. The maximum Gasteiger partial charge on any atom is 0.256 e. The molecule has 1 aliphatic rings. The molecule has 1 fully saturated rings. The lowest BCUT2D eigenvalue weighted by atomic mass is 10.1. The summed E-state index contributed by atoms with van der Waals surface area (Å²) in [5, 5.41) is 3.80. The van der Waals surface area contributed by atoms with Crippen LogP contribution in [-0.4, -0.2) is 34.8 Å². The highest BCUT2D eigenvalue weighted by Gasteiger charge is 2.20. The number of carbonyl (C=O) groups excluding carboxylic acids is 2. The van der Waals surface area contributed by atoms with E-state index in [4.69, 9.17) is 4.98 Å². The van der Waals surface area contributed by atoms with E-state index in [1.165, 1.54) is 4.88 Å². The Balaban J connectivity index is 1.42. The van der Waals surface area contributed by atoms with Crippen LogP contribution in [0.4, 0.5) is 5.69 Å². The minimum Gasteiger partial charge on any atom is -0.339 e. The molecule has 5 rings (SSSR count). The summed E-state index contributed by atoms with van der Waals surface area (Å²) >= 11 is 1.70. The van der Waals surface area contributed by atoms with E-state index < -0.39 is 0 Å². The van der Waals surface area contributed by atoms with Crippen LogP contribution in [0, 0.1) is 0 Å². The molecule has 0 spiro atoms. The molecule has 2 aromatic heterocycles. The molecule has 5 nitrogen and oxygen atoms in total. The lowest BCUT2D eigenvalue weighted by Gasteiger charge is -2.15. The summed E-state index contributed by atoms with van der Waals surface area (Å²) in [7, 11) is 0. The summed E-state index contributed by atoms with van der Waals surface area (Å²) in [6.45, 7) is 3.77. The topological polar surface area (TPSA) is 62.3 Å². The molecule has 0 saturated carbocycles. The number of para-hydroxylation sites is 1. The van der Waals surface area contributed by atoms with Gasteiger partial charge < -0.3 is 10.2 Å². The fraction of sp³-hybridized carbons (Fsp3) is 0.222. The number of aryl methyl sites for hydroxylation is 1. The molecule has 1 aliphatic heterocycles. The van der Waals surface area contributed by atoms with Gasteiger partial charge in [0.1, 0.15) is 0 Å². The molecule has 0 radical (unpaired) electrons. The van der Waals surface area contributed by atoms with Crippen LogP contribution in [-0.2, 0) is 6.42 Å². The van der Waals surface area contributed by atoms with E-state index >= 15 is 0 Å². The highest BCUT2D eigenvalue weighted by atomic mass is 32.1. The van der Waals surface area contributed by atoms with Gasteiger partial charge in [0.05, 0.1) is 21.7 Å². The number of carbonyl (C=O) groups is 2. The molecular weight excluding hydrogens is 430 g/mol. The molecule has 1 N–H and O–H groups in total. The van der Waals surface area contributed by atoms with Crippen molar-refractivity contribution in [2.24, 2.45) is 0 Å². The van der Waals surface area contributed by atoms with Gasteiger partial charge in [-0.3, -0.25) is 9.59 Å². The average Bonchev–Trinajstić information content (AvgIpc) is 3.56. The predicted octanol–water partition coefficient (Wildman–Crippen LogP) is 6.01. The Hall–Kier alpha value is -3.51. The molecule has 33 heavy (non-hydrogen) atoms. The number of amides is 2. The summed E-state index contributed by atoms with van der Waals surface area (Å²) < 4.78 is 0. The zero-order chi connectivity index (χ0) is 22.8. The highest BCUT2D eigenvalue weighted by Crippen LogP contribution is 2.31. The van der Waals surface area contributed by atoms with Crippen LogP contribution in [0.15, 0.2) is 66.7 Å². The number of thiophene rings is 1. The SMILES string of the molecule is CCc1ccc(-c2cc(C(=O)Nc3ccc(C(=O)N4CCCC4)cc3)c3ccccc3n2)s1. The molecule has 0 aliphatic carbocycles. The fourth-order valence-electron chi connectivity index (χ4n) is 4.19. The predicted molar refractivity (Wildman–Crippen MR) is 134 cm³/mol. The number of pyridine rings is 1. The second-order valence-electron chi connectivity index (χ2n) is 8.22. The number of fused-ring (bicyclic) bond motifs is 1. The van der Waals surface area contributed by atoms with Gasteiger partial charge >= 0.3 is 0 Å². The lowest BCUT2D eigenvalue weighted by molar-refractivity contribution is 0.0792. The Labute approximate surface area is 197 Å². The van der Waals surface area contributed by atoms with Crippen LogP contribution in [0.25, 0.3) is 21.5 Å². The molecule has 3 heterocycles. The van der Waals surface area contributed by atoms with Crippen LogP contribution in [0.3, 0.4) is 0 Å². The molecule has 2 aromatic carbocycles. The standard InChI is InChI=1S/C27H25N3O2S/c1-2-20-13-14-25(33-20)24-17-22(21-7-3-4-8-23(21)29-24)26(31)28-19-11-9-18(10-12-19)27(32)30-15-5-6-16-30/h3-4,7-14,17H,2,5-6,15-16H2,1H3,(H,28,31). The average molecular weight is 456 g/mol. The Morgan fingerprint density at radius 2 is 1.76 bits per heavy atom. The first-order valence-electron chi connectivity index (χ1n) is 11.3. The zero-order valence-electron chi connectivity index (χ0n) is 18.5. The Bertz CT molecular complexity index is 1320. The first kappa shape index (κ1) is 21.3. The maximum atomic E-state index is 13.3. The highest BCUT2D eigenvalue weighted by molar-refractivity contribution is 7.15. The third-order valence-corrected chi connectivity index (χ3v) is 7.26. The number of benzene rings is 2. The number of hydrogen-bond acceptors (Lipinski definition) is 4. The molecule has 0 atom stereocenters. The van der Waals surface area contributed by atoms with E-state index in [0.717, 1.165) is 53.8 Å². The van der Waals surface area contributed by atoms with Crippen LogP contribution < -0.4 is 5.32 Å². The number of hydrogen-bond donors (Lipinski definition) is 1. The van der Waals surface area contributed by atoms with Crippen molar-refractivity contribution < 1.29 is 9.59 Å². The van der Waals surface area contributed by atoms with Gasteiger partial charge in [0.15, 0.2) is 0 Å². The van der Waals surface area contributed by atoms with Crippen molar-refractivity contribution in [3.05, 3.63) is 82.7 Å². The van der Waals surface area contributed by atoms with Gasteiger partial charge in [-0.2, -0.15) is 0 Å². The molecule has 1 saturated heterocycles. The van der Waals surface area contributed by atoms with Crippen LogP contribution >= 0.6 is 11.3 Å². The van der Waals surface area contributed by atoms with Crippen molar-refractivity contribution in [1.82, 2.24) is 9.88 Å². The molecular formula is C27H25N3O2S. The lowest BCUT2D eigenvalue weighted by Crippen LogP contribution is -2.27. The first-order chi connectivity index (χ1) is 16.1. The molecule has 4 aromatic rings. The largest absolute Gasteiger partial charge is 0.339 e. The minimum atomic E-state index is -0.194. The van der Waals surface area contributed by atoms with Crippen molar-refractivity contribution in [3.8, 4) is 10.6 Å². The smallest absolute Gasteiger partial charge is 0.256 e. The van der Waals surface area contributed by atoms with Crippen molar-refractivity contribution in [2.75, 3.05) is 18.4 Å². The fourth-order valence-corrected chi connectivity index (χ4v) is 5.10. The normalized spacial score (nSPS) is 13.4. The van der Waals surface area contributed by atoms with Crippen LogP contribution in [0.2, 0.25) is 0 Å². The number of likely N-dealkylation sites (tertiary alicyclic amines) is 1. The third kappa shape index (κ3) is 4.39. The summed E-state index contributed by atoms with van der Waals surface area (Å²) in [6.07, 6.45) is 3.10. The van der Waals surface area contributed by atoms with Gasteiger partial charge in [-0.05, 0) is 67.8 Å². The van der Waals surface area contributed by atoms with E-state index in [-0.39, 0.29) is 11.8 Å². The monoisotopic (exact) mass is 455 g/mol. The quantitative estimate of drug-likeness (QED) is 0.401. The number of rotatable bonds is 5. The maximum absolute atomic E-state index is 13.3. The molecule has 0 unspecified atom stereocenters. The first-order valence-corrected chi connectivity index (χ1v) is 12.1. The molecule has 2 amide bonds. The number of nitrogens with one attached hydrogen (secondary N) is 1. The molecule has 166 valence electrons. The second-order valence-corrected chi connectivity index (χ2v) is 9.39. The van der Waals surface area contributed by atoms with Crippen molar-refractivity contribution in [3.63, 3.8) is 0 Å². The van der Waals surface area contributed by atoms with E-state index in [1.807, 2.05) is 35.2 Å². The van der Waals surface area contributed by atoms with Gasteiger partial charge in [0.2, 0.25) is 0 Å². The summed E-state index contributed by atoms with van der Waals surface area (Å²) in [5.41, 5.74) is 3.48. The van der Waals surface area contributed by atoms with E-state index in [2.05, 4.69) is 24.4 Å². The van der Waals surface area contributed by atoms with Gasteiger partial charge in [-0.1, -0.05) is 25.1 Å². The van der Waals surface area contributed by atoms with Crippen molar-refractivity contribution in [2.45, 2.75) is 26.2 Å². The van der Waals surface area contributed by atoms with Gasteiger partial charge in [0.25, 0.3) is 11.8 Å². The Morgan fingerprint density at radius 1 is 1.00 bits per heavy atom. The Kier molecular flexibility index (Phi) is 5.92. The Morgan fingerprint density at radius 3 is 2.48 bits per heavy atom. The van der Waals surface area contributed by atoms with E-state index in [9.17, 15) is 9.59 Å². The third-order valence-electron chi connectivity index (χ3n) is 6.01. The molecule has 0 bridgehead atoms. The van der Waals surface area contributed by atoms with E-state index in [1.54, 1.807) is 35.6 Å². The second kappa shape index (κ2) is 9.16. The number of nitrogens with zero attached hydrogens (tertiary/aromatic N) is 2. The van der Waals surface area contributed by atoms with Crippen LogP contribution in [0.5, 0.6) is 0 Å². The van der Waals surface area contributed by atoms with E-state index in [0.29, 0.717) is 16.8 Å². The summed E-state index contributed by atoms with van der Waals surface area (Å²) in [5.74, 6) is -0.140. The van der Waals surface area contributed by atoms with Crippen LogP contribution in [0.1, 0.15) is 45.4 Å². The van der Waals surface area contributed by atoms with Gasteiger partial charge in [-0.15, -0.1) is 11.3 Å². The zero-order valence-corrected chi connectivity index (χ0v) is 19.3.